The van der Waals surface area contributed by atoms with Crippen LogP contribution in [0.3, 0.4) is 0 Å². The van der Waals surface area contributed by atoms with E-state index >= 15 is 0 Å². The molecule has 1 heterocycles. The molecule has 0 radical (unpaired) electrons. The first kappa shape index (κ1) is 8.71. The Labute approximate surface area is 71.0 Å². The van der Waals surface area contributed by atoms with E-state index in [9.17, 15) is 0 Å². The quantitative estimate of drug-likeness (QED) is 0.749. The van der Waals surface area contributed by atoms with Crippen LogP contribution in [0.5, 0.6) is 0 Å². The minimum atomic E-state index is -0.339. The molecule has 0 bridgehead atoms. The normalized spacial score (nSPS) is 16.3. The molecule has 1 atom stereocenters. The first-order valence-corrected chi connectivity index (χ1v) is 4.41. The number of hydrogen-bond donors (Lipinski definition) is 1. The van der Waals surface area contributed by atoms with Crippen LogP contribution in [-0.2, 0) is 10.3 Å². The van der Waals surface area contributed by atoms with Gasteiger partial charge in [0.25, 0.3) is 0 Å². The summed E-state index contributed by atoms with van der Waals surface area (Å²) in [5.41, 5.74) is 6.78. The van der Waals surface area contributed by atoms with E-state index in [4.69, 9.17) is 10.5 Å². The second-order valence-electron chi connectivity index (χ2n) is 2.86. The van der Waals surface area contributed by atoms with E-state index in [-0.39, 0.29) is 5.54 Å². The predicted octanol–water partition coefficient (Wildman–Crippen LogP) is 1.57. The fourth-order valence-electron chi connectivity index (χ4n) is 0.973. The van der Waals surface area contributed by atoms with Gasteiger partial charge in [0.1, 0.15) is 0 Å². The van der Waals surface area contributed by atoms with E-state index in [1.165, 1.54) is 0 Å². The van der Waals surface area contributed by atoms with Gasteiger partial charge in [0.2, 0.25) is 0 Å². The number of hydrogen-bond acceptors (Lipinski definition) is 3. The van der Waals surface area contributed by atoms with Crippen molar-refractivity contribution in [1.29, 1.82) is 0 Å². The Morgan fingerprint density at radius 2 is 2.45 bits per heavy atom. The molecule has 0 aliphatic heterocycles. The topological polar surface area (TPSA) is 35.2 Å². The van der Waals surface area contributed by atoms with Crippen molar-refractivity contribution in [3.8, 4) is 0 Å². The van der Waals surface area contributed by atoms with Crippen molar-refractivity contribution in [1.82, 2.24) is 0 Å². The first-order valence-electron chi connectivity index (χ1n) is 3.47. The molecule has 0 spiro atoms. The van der Waals surface area contributed by atoms with Crippen LogP contribution in [0.4, 0.5) is 0 Å². The predicted molar refractivity (Wildman–Crippen MR) is 47.7 cm³/mol. The lowest BCUT2D eigenvalue weighted by Gasteiger charge is -2.22. The minimum Gasteiger partial charge on any atom is -0.382 e. The van der Waals surface area contributed by atoms with Crippen molar-refractivity contribution < 1.29 is 4.74 Å². The van der Waals surface area contributed by atoms with Crippen LogP contribution >= 0.6 is 11.3 Å². The van der Waals surface area contributed by atoms with E-state index in [0.717, 1.165) is 5.56 Å². The minimum absolute atomic E-state index is 0.339. The Kier molecular flexibility index (Phi) is 2.65. The summed E-state index contributed by atoms with van der Waals surface area (Å²) >= 11 is 1.66. The van der Waals surface area contributed by atoms with Gasteiger partial charge >= 0.3 is 0 Å². The highest BCUT2D eigenvalue weighted by molar-refractivity contribution is 7.08. The summed E-state index contributed by atoms with van der Waals surface area (Å²) < 4.78 is 5.01. The zero-order valence-electron chi connectivity index (χ0n) is 6.83. The lowest BCUT2D eigenvalue weighted by atomic mass is 9.98. The summed E-state index contributed by atoms with van der Waals surface area (Å²) in [5.74, 6) is 0. The molecule has 1 unspecified atom stereocenters. The molecule has 1 rings (SSSR count). The van der Waals surface area contributed by atoms with Crippen molar-refractivity contribution in [3.05, 3.63) is 22.4 Å². The molecular formula is C8H13NOS. The first-order chi connectivity index (χ1) is 5.17. The molecule has 2 nitrogen and oxygen atoms in total. The Hall–Kier alpha value is -0.380. The lowest BCUT2D eigenvalue weighted by molar-refractivity contribution is 0.141. The Bertz CT molecular complexity index is 206. The van der Waals surface area contributed by atoms with E-state index in [1.807, 2.05) is 18.4 Å². The van der Waals surface area contributed by atoms with Gasteiger partial charge in [0, 0.05) is 7.11 Å². The van der Waals surface area contributed by atoms with Crippen molar-refractivity contribution >= 4 is 11.3 Å². The Balaban J connectivity index is 2.73. The van der Waals surface area contributed by atoms with E-state index in [2.05, 4.69) is 5.38 Å². The molecule has 0 aliphatic rings. The average Bonchev–Trinajstić information content (AvgIpc) is 2.37. The summed E-state index contributed by atoms with van der Waals surface area (Å²) in [4.78, 5) is 0. The molecule has 1 aromatic heterocycles. The van der Waals surface area contributed by atoms with Gasteiger partial charge in [0.15, 0.2) is 0 Å². The third-order valence-corrected chi connectivity index (χ3v) is 2.31. The maximum atomic E-state index is 5.97. The Morgan fingerprint density at radius 3 is 2.91 bits per heavy atom. The number of ether oxygens (including phenoxy) is 1. The molecule has 1 aromatic rings. The van der Waals surface area contributed by atoms with Crippen molar-refractivity contribution in [3.63, 3.8) is 0 Å². The summed E-state index contributed by atoms with van der Waals surface area (Å²) in [6, 6.07) is 2.03. The van der Waals surface area contributed by atoms with Crippen LogP contribution in [0.2, 0.25) is 0 Å². The summed E-state index contributed by atoms with van der Waals surface area (Å²) in [6.07, 6.45) is 0. The molecule has 0 amide bonds. The number of rotatable bonds is 3. The molecule has 0 aromatic carbocycles. The molecule has 0 fully saturated rings. The SMILES string of the molecule is COCC(C)(N)c1ccsc1. The highest BCUT2D eigenvalue weighted by Gasteiger charge is 2.20. The highest BCUT2D eigenvalue weighted by Crippen LogP contribution is 2.20. The maximum Gasteiger partial charge on any atom is 0.0681 e. The average molecular weight is 171 g/mol. The van der Waals surface area contributed by atoms with Crippen LogP contribution in [0.1, 0.15) is 12.5 Å². The standard InChI is InChI=1S/C8H13NOS/c1-8(9,6-10-2)7-3-4-11-5-7/h3-5H,6,9H2,1-2H3. The van der Waals surface area contributed by atoms with Crippen LogP contribution in [-0.4, -0.2) is 13.7 Å². The molecule has 0 saturated heterocycles. The summed E-state index contributed by atoms with van der Waals surface area (Å²) in [6.45, 7) is 2.53. The lowest BCUT2D eigenvalue weighted by Crippen LogP contribution is -2.37. The van der Waals surface area contributed by atoms with E-state index in [0.29, 0.717) is 6.61 Å². The van der Waals surface area contributed by atoms with Gasteiger partial charge < -0.3 is 10.5 Å². The second kappa shape index (κ2) is 3.34. The van der Waals surface area contributed by atoms with Gasteiger partial charge in [-0.1, -0.05) is 0 Å². The van der Waals surface area contributed by atoms with E-state index < -0.39 is 0 Å². The summed E-state index contributed by atoms with van der Waals surface area (Å²) in [7, 11) is 1.66. The highest BCUT2D eigenvalue weighted by atomic mass is 32.1. The van der Waals surface area contributed by atoms with Gasteiger partial charge in [-0.2, -0.15) is 11.3 Å². The fraction of sp³-hybridized carbons (Fsp3) is 0.500. The van der Waals surface area contributed by atoms with Crippen molar-refractivity contribution in [2.45, 2.75) is 12.5 Å². The van der Waals surface area contributed by atoms with Gasteiger partial charge in [0.05, 0.1) is 12.1 Å². The molecular weight excluding hydrogens is 158 g/mol. The van der Waals surface area contributed by atoms with Crippen molar-refractivity contribution in [2.75, 3.05) is 13.7 Å². The van der Waals surface area contributed by atoms with Crippen LogP contribution in [0.25, 0.3) is 0 Å². The second-order valence-corrected chi connectivity index (χ2v) is 3.64. The molecule has 2 N–H and O–H groups in total. The van der Waals surface area contributed by atoms with Crippen LogP contribution < -0.4 is 5.73 Å². The van der Waals surface area contributed by atoms with Gasteiger partial charge in [-0.15, -0.1) is 0 Å². The largest absolute Gasteiger partial charge is 0.382 e. The van der Waals surface area contributed by atoms with Gasteiger partial charge in [-0.05, 0) is 29.3 Å². The van der Waals surface area contributed by atoms with Crippen molar-refractivity contribution in [2.24, 2.45) is 5.73 Å². The zero-order valence-corrected chi connectivity index (χ0v) is 7.65. The fourth-order valence-corrected chi connectivity index (χ4v) is 1.77. The van der Waals surface area contributed by atoms with Gasteiger partial charge in [-0.25, -0.2) is 0 Å². The van der Waals surface area contributed by atoms with Crippen LogP contribution in [0, 0.1) is 0 Å². The zero-order chi connectivity index (χ0) is 8.32. The number of nitrogens with two attached hydrogens (primary N) is 1. The van der Waals surface area contributed by atoms with Crippen LogP contribution in [0.15, 0.2) is 16.8 Å². The molecule has 0 aliphatic carbocycles. The third-order valence-electron chi connectivity index (χ3n) is 1.62. The molecule has 62 valence electrons. The molecule has 11 heavy (non-hydrogen) atoms. The number of methoxy groups -OCH3 is 1. The molecule has 3 heteroatoms. The monoisotopic (exact) mass is 171 g/mol. The van der Waals surface area contributed by atoms with E-state index in [1.54, 1.807) is 18.4 Å². The van der Waals surface area contributed by atoms with Gasteiger partial charge in [-0.3, -0.25) is 0 Å². The maximum absolute atomic E-state index is 5.97. The third kappa shape index (κ3) is 2.02. The smallest absolute Gasteiger partial charge is 0.0681 e. The number of thiophene rings is 1. The Morgan fingerprint density at radius 1 is 1.73 bits per heavy atom. The summed E-state index contributed by atoms with van der Waals surface area (Å²) in [5, 5.41) is 4.08. The molecule has 0 saturated carbocycles.